The molecular weight excluding hydrogens is 372 g/mol. The first-order valence-corrected chi connectivity index (χ1v) is 9.99. The van der Waals surface area contributed by atoms with Crippen LogP contribution in [0.15, 0.2) is 36.7 Å². The van der Waals surface area contributed by atoms with Gasteiger partial charge in [0.1, 0.15) is 0 Å². The van der Waals surface area contributed by atoms with Crippen molar-refractivity contribution in [3.63, 3.8) is 0 Å². The SMILES string of the molecule is COc1ccccc1OC1(C(=O)O)CCN(c2nccnc2N2CCCC2)CC1. The minimum Gasteiger partial charge on any atom is -0.493 e. The Morgan fingerprint density at radius 2 is 1.52 bits per heavy atom. The number of carbonyl (C=O) groups is 1. The molecule has 2 aromatic rings. The molecule has 0 atom stereocenters. The van der Waals surface area contributed by atoms with E-state index in [2.05, 4.69) is 19.8 Å². The fraction of sp³-hybridized carbons (Fsp3) is 0.476. The summed E-state index contributed by atoms with van der Waals surface area (Å²) in [4.78, 5) is 25.7. The van der Waals surface area contributed by atoms with E-state index in [0.717, 1.165) is 37.6 Å². The monoisotopic (exact) mass is 398 g/mol. The summed E-state index contributed by atoms with van der Waals surface area (Å²) in [7, 11) is 1.55. The smallest absolute Gasteiger partial charge is 0.348 e. The standard InChI is InChI=1S/C21H26N4O4/c1-28-16-6-2-3-7-17(16)29-21(20(26)27)8-14-25(15-9-21)19-18(22-10-11-23-19)24-12-4-5-13-24/h2-3,6-7,10-11H,4-5,8-9,12-15H2,1H3,(H,26,27). The number of aromatic nitrogens is 2. The Kier molecular flexibility index (Phi) is 5.42. The molecule has 154 valence electrons. The number of para-hydroxylation sites is 2. The number of rotatable bonds is 6. The zero-order valence-corrected chi connectivity index (χ0v) is 16.6. The van der Waals surface area contributed by atoms with E-state index >= 15 is 0 Å². The van der Waals surface area contributed by atoms with Crippen molar-refractivity contribution in [1.29, 1.82) is 0 Å². The van der Waals surface area contributed by atoms with E-state index in [4.69, 9.17) is 9.47 Å². The van der Waals surface area contributed by atoms with Crippen LogP contribution >= 0.6 is 0 Å². The number of hydrogen-bond acceptors (Lipinski definition) is 7. The van der Waals surface area contributed by atoms with Crippen LogP contribution in [0.1, 0.15) is 25.7 Å². The maximum absolute atomic E-state index is 12.2. The van der Waals surface area contributed by atoms with Crippen LogP contribution in [0, 0.1) is 0 Å². The molecule has 1 N–H and O–H groups in total. The number of hydrogen-bond donors (Lipinski definition) is 1. The summed E-state index contributed by atoms with van der Waals surface area (Å²) in [5.41, 5.74) is -1.29. The molecule has 8 heteroatoms. The molecule has 2 fully saturated rings. The number of nitrogens with zero attached hydrogens (tertiary/aromatic N) is 4. The second-order valence-corrected chi connectivity index (χ2v) is 7.44. The predicted octanol–water partition coefficient (Wildman–Crippen LogP) is 2.59. The lowest BCUT2D eigenvalue weighted by Crippen LogP contribution is -2.53. The van der Waals surface area contributed by atoms with Gasteiger partial charge in [-0.2, -0.15) is 0 Å². The Balaban J connectivity index is 1.53. The van der Waals surface area contributed by atoms with Gasteiger partial charge in [-0.1, -0.05) is 12.1 Å². The maximum Gasteiger partial charge on any atom is 0.348 e. The average Bonchev–Trinajstić information content (AvgIpc) is 3.29. The van der Waals surface area contributed by atoms with Crippen LogP contribution in [0.5, 0.6) is 11.5 Å². The van der Waals surface area contributed by atoms with Crippen molar-refractivity contribution in [2.45, 2.75) is 31.3 Å². The van der Waals surface area contributed by atoms with Gasteiger partial charge in [0.2, 0.25) is 5.60 Å². The van der Waals surface area contributed by atoms with Crippen molar-refractivity contribution in [3.8, 4) is 11.5 Å². The highest BCUT2D eigenvalue weighted by Crippen LogP contribution is 2.37. The van der Waals surface area contributed by atoms with E-state index in [-0.39, 0.29) is 0 Å². The summed E-state index contributed by atoms with van der Waals surface area (Å²) in [5.74, 6) is 1.73. The highest BCUT2D eigenvalue weighted by atomic mass is 16.5. The first-order chi connectivity index (χ1) is 14.1. The number of anilines is 2. The van der Waals surface area contributed by atoms with Gasteiger partial charge in [-0.3, -0.25) is 0 Å². The first kappa shape index (κ1) is 19.3. The Hall–Kier alpha value is -3.03. The molecule has 0 radical (unpaired) electrons. The molecule has 0 unspecified atom stereocenters. The van der Waals surface area contributed by atoms with Crippen molar-refractivity contribution in [2.75, 3.05) is 43.1 Å². The molecule has 0 saturated carbocycles. The number of benzene rings is 1. The highest BCUT2D eigenvalue weighted by molar-refractivity contribution is 5.79. The molecule has 29 heavy (non-hydrogen) atoms. The fourth-order valence-electron chi connectivity index (χ4n) is 4.05. The molecular formula is C21H26N4O4. The van der Waals surface area contributed by atoms with Crippen LogP contribution in [0.2, 0.25) is 0 Å². The third-order valence-corrected chi connectivity index (χ3v) is 5.70. The normalized spacial score (nSPS) is 18.5. The van der Waals surface area contributed by atoms with Crippen molar-refractivity contribution in [1.82, 2.24) is 9.97 Å². The third kappa shape index (κ3) is 3.79. The zero-order valence-electron chi connectivity index (χ0n) is 16.6. The van der Waals surface area contributed by atoms with E-state index in [1.807, 2.05) is 12.1 Å². The Labute approximate surface area is 170 Å². The molecule has 1 aromatic heterocycles. The van der Waals surface area contributed by atoms with Gasteiger partial charge < -0.3 is 24.4 Å². The molecule has 8 nitrogen and oxygen atoms in total. The van der Waals surface area contributed by atoms with E-state index in [9.17, 15) is 9.90 Å². The number of ether oxygens (including phenoxy) is 2. The summed E-state index contributed by atoms with van der Waals surface area (Å²) < 4.78 is 11.4. The van der Waals surface area contributed by atoms with Crippen molar-refractivity contribution < 1.29 is 19.4 Å². The quantitative estimate of drug-likeness (QED) is 0.794. The number of piperidine rings is 1. The lowest BCUT2D eigenvalue weighted by Gasteiger charge is -2.40. The van der Waals surface area contributed by atoms with Gasteiger partial charge in [-0.25, -0.2) is 14.8 Å². The van der Waals surface area contributed by atoms with Gasteiger partial charge in [0.05, 0.1) is 7.11 Å². The van der Waals surface area contributed by atoms with E-state index < -0.39 is 11.6 Å². The second kappa shape index (κ2) is 8.14. The minimum atomic E-state index is -1.29. The predicted molar refractivity (Wildman–Crippen MR) is 109 cm³/mol. The second-order valence-electron chi connectivity index (χ2n) is 7.44. The number of carboxylic acids is 1. The van der Waals surface area contributed by atoms with Crippen LogP contribution in [0.25, 0.3) is 0 Å². The molecule has 2 saturated heterocycles. The average molecular weight is 398 g/mol. The molecule has 4 rings (SSSR count). The molecule has 2 aliphatic rings. The van der Waals surface area contributed by atoms with Gasteiger partial charge in [0.25, 0.3) is 0 Å². The summed E-state index contributed by atoms with van der Waals surface area (Å²) in [6.45, 7) is 3.02. The topological polar surface area (TPSA) is 88.0 Å². The molecule has 2 aliphatic heterocycles. The van der Waals surface area contributed by atoms with Crippen molar-refractivity contribution >= 4 is 17.6 Å². The summed E-state index contributed by atoms with van der Waals surface area (Å²) >= 11 is 0. The Bertz CT molecular complexity index is 861. The molecule has 0 bridgehead atoms. The lowest BCUT2D eigenvalue weighted by molar-refractivity contribution is -0.157. The Morgan fingerprint density at radius 1 is 0.966 bits per heavy atom. The van der Waals surface area contributed by atoms with Crippen LogP contribution in [0.3, 0.4) is 0 Å². The molecule has 0 aliphatic carbocycles. The van der Waals surface area contributed by atoms with E-state index in [1.54, 1.807) is 31.6 Å². The lowest BCUT2D eigenvalue weighted by atomic mass is 9.91. The summed E-state index contributed by atoms with van der Waals surface area (Å²) in [5, 5.41) is 9.98. The number of aliphatic carboxylic acids is 1. The van der Waals surface area contributed by atoms with Crippen LogP contribution in [-0.4, -0.2) is 59.9 Å². The van der Waals surface area contributed by atoms with Gasteiger partial charge >= 0.3 is 5.97 Å². The van der Waals surface area contributed by atoms with Crippen LogP contribution in [0.4, 0.5) is 11.6 Å². The zero-order chi connectivity index (χ0) is 20.3. The highest BCUT2D eigenvalue weighted by Gasteiger charge is 2.45. The number of carboxylic acid groups (broad SMARTS) is 1. The van der Waals surface area contributed by atoms with Gasteiger partial charge in [0.15, 0.2) is 23.1 Å². The maximum atomic E-state index is 12.2. The summed E-state index contributed by atoms with van der Waals surface area (Å²) in [6, 6.07) is 7.14. The molecule has 1 aromatic carbocycles. The van der Waals surface area contributed by atoms with Crippen LogP contribution < -0.4 is 19.3 Å². The largest absolute Gasteiger partial charge is 0.493 e. The van der Waals surface area contributed by atoms with Crippen molar-refractivity contribution in [3.05, 3.63) is 36.7 Å². The molecule has 3 heterocycles. The first-order valence-electron chi connectivity index (χ1n) is 9.99. The number of methoxy groups -OCH3 is 1. The van der Waals surface area contributed by atoms with E-state index in [1.165, 1.54) is 0 Å². The van der Waals surface area contributed by atoms with Crippen LogP contribution in [-0.2, 0) is 4.79 Å². The van der Waals surface area contributed by atoms with Gasteiger partial charge in [0, 0.05) is 51.4 Å². The van der Waals surface area contributed by atoms with Gasteiger partial charge in [-0.05, 0) is 25.0 Å². The summed E-state index contributed by atoms with van der Waals surface area (Å²) in [6.07, 6.45) is 6.41. The van der Waals surface area contributed by atoms with Crippen molar-refractivity contribution in [2.24, 2.45) is 0 Å². The fourth-order valence-corrected chi connectivity index (χ4v) is 4.05. The Morgan fingerprint density at radius 3 is 2.07 bits per heavy atom. The van der Waals surface area contributed by atoms with Gasteiger partial charge in [-0.15, -0.1) is 0 Å². The molecule has 0 amide bonds. The third-order valence-electron chi connectivity index (χ3n) is 5.70. The molecule has 0 spiro atoms. The van der Waals surface area contributed by atoms with E-state index in [0.29, 0.717) is 37.4 Å². The minimum absolute atomic E-state index is 0.344.